The van der Waals surface area contributed by atoms with Crippen molar-refractivity contribution in [3.8, 4) is 0 Å². The molecule has 3 aromatic rings. The van der Waals surface area contributed by atoms with E-state index in [4.69, 9.17) is 4.74 Å². The second kappa shape index (κ2) is 9.76. The molecular formula is C29H30N2O5S. The van der Waals surface area contributed by atoms with Gasteiger partial charge in [0.05, 0.1) is 17.0 Å². The minimum atomic E-state index is -3.84. The highest BCUT2D eigenvalue weighted by Crippen LogP contribution is 2.50. The Labute approximate surface area is 217 Å². The number of Topliss-reactive ketones (excluding diaryl/α,β-unsaturated/α-hetero) is 2. The van der Waals surface area contributed by atoms with Crippen LogP contribution in [0, 0.1) is 11.8 Å². The predicted molar refractivity (Wildman–Crippen MR) is 142 cm³/mol. The summed E-state index contributed by atoms with van der Waals surface area (Å²) in [5.74, 6) is 0.107. The molecule has 0 aliphatic carbocycles. The Morgan fingerprint density at radius 1 is 0.973 bits per heavy atom. The number of carbonyl (C=O) groups excluding carboxylic acids is 2. The summed E-state index contributed by atoms with van der Waals surface area (Å²) in [6, 6.07) is 19.1. The Balaban J connectivity index is 1.41. The Hall–Kier alpha value is -3.49. The highest BCUT2D eigenvalue weighted by atomic mass is 32.2. The van der Waals surface area contributed by atoms with Crippen molar-refractivity contribution in [1.82, 2.24) is 0 Å². The molecular weight excluding hydrogens is 488 g/mol. The molecule has 2 aliphatic heterocycles. The van der Waals surface area contributed by atoms with Gasteiger partial charge in [0.25, 0.3) is 10.0 Å². The number of benzene rings is 3. The van der Waals surface area contributed by atoms with Crippen LogP contribution in [0.1, 0.15) is 71.2 Å². The zero-order valence-electron chi connectivity index (χ0n) is 21.0. The van der Waals surface area contributed by atoms with Crippen LogP contribution in [0.25, 0.3) is 0 Å². The third kappa shape index (κ3) is 4.91. The Bertz CT molecular complexity index is 1450. The van der Waals surface area contributed by atoms with Crippen molar-refractivity contribution < 1.29 is 22.7 Å². The lowest BCUT2D eigenvalue weighted by Crippen LogP contribution is -2.29. The van der Waals surface area contributed by atoms with E-state index in [9.17, 15) is 18.0 Å². The average Bonchev–Trinajstić information content (AvgIpc) is 3.38. The smallest absolute Gasteiger partial charge is 0.261 e. The first-order valence-electron chi connectivity index (χ1n) is 12.4. The number of hydrogen-bond acceptors (Lipinski definition) is 6. The number of nitrogens with one attached hydrogen (secondary N) is 2. The molecule has 2 heterocycles. The van der Waals surface area contributed by atoms with Gasteiger partial charge in [-0.3, -0.25) is 14.3 Å². The fourth-order valence-electron chi connectivity index (χ4n) is 5.12. The second-order valence-electron chi connectivity index (χ2n) is 9.99. The molecule has 0 spiro atoms. The van der Waals surface area contributed by atoms with E-state index in [0.29, 0.717) is 23.4 Å². The molecule has 2 N–H and O–H groups in total. The van der Waals surface area contributed by atoms with Gasteiger partial charge in [0, 0.05) is 46.5 Å². The van der Waals surface area contributed by atoms with Crippen LogP contribution in [0.5, 0.6) is 0 Å². The fourth-order valence-corrected chi connectivity index (χ4v) is 6.22. The van der Waals surface area contributed by atoms with Gasteiger partial charge >= 0.3 is 0 Å². The van der Waals surface area contributed by atoms with Gasteiger partial charge in [-0.15, -0.1) is 0 Å². The first-order chi connectivity index (χ1) is 17.6. The van der Waals surface area contributed by atoms with Crippen LogP contribution in [0.3, 0.4) is 0 Å². The van der Waals surface area contributed by atoms with E-state index in [1.54, 1.807) is 42.5 Å². The number of fused-ring (bicyclic) bond motifs is 3. The Morgan fingerprint density at radius 2 is 1.65 bits per heavy atom. The zero-order chi connectivity index (χ0) is 26.3. The summed E-state index contributed by atoms with van der Waals surface area (Å²) in [6.45, 7) is 5.84. The van der Waals surface area contributed by atoms with Crippen molar-refractivity contribution in [2.75, 3.05) is 16.6 Å². The summed E-state index contributed by atoms with van der Waals surface area (Å²) in [7, 11) is -3.84. The molecule has 8 heteroatoms. The SMILES string of the molecule is CC(=O)c1ccc(NS(=O)(=O)c2ccc3c(c2)[C@H]2OCC[C@H]2C(c2ccc(C(=O)C(C)C)cc2)N3)cc1. The molecule has 5 rings (SSSR count). The lowest BCUT2D eigenvalue weighted by atomic mass is 9.81. The number of carbonyl (C=O) groups is 2. The van der Waals surface area contributed by atoms with Gasteiger partial charge in [-0.2, -0.15) is 0 Å². The molecule has 1 unspecified atom stereocenters. The highest BCUT2D eigenvalue weighted by Gasteiger charge is 2.42. The van der Waals surface area contributed by atoms with E-state index in [-0.39, 0.29) is 40.4 Å². The number of ketones is 2. The molecule has 0 aromatic heterocycles. The summed E-state index contributed by atoms with van der Waals surface area (Å²) in [6.07, 6.45) is 0.606. The average molecular weight is 519 g/mol. The van der Waals surface area contributed by atoms with Gasteiger partial charge < -0.3 is 10.1 Å². The maximum atomic E-state index is 13.2. The Morgan fingerprint density at radius 3 is 2.30 bits per heavy atom. The number of anilines is 2. The van der Waals surface area contributed by atoms with E-state index in [2.05, 4.69) is 10.0 Å². The van der Waals surface area contributed by atoms with Gasteiger partial charge in [-0.1, -0.05) is 38.1 Å². The number of hydrogen-bond donors (Lipinski definition) is 2. The van der Waals surface area contributed by atoms with Crippen molar-refractivity contribution in [2.45, 2.75) is 44.2 Å². The molecule has 3 aromatic carbocycles. The van der Waals surface area contributed by atoms with Gasteiger partial charge in [0.15, 0.2) is 11.6 Å². The van der Waals surface area contributed by atoms with Crippen LogP contribution in [0.15, 0.2) is 71.6 Å². The third-order valence-corrected chi connectivity index (χ3v) is 8.52. The fraction of sp³-hybridized carbons (Fsp3) is 0.310. The topological polar surface area (TPSA) is 102 Å². The summed E-state index contributed by atoms with van der Waals surface area (Å²) >= 11 is 0. The van der Waals surface area contributed by atoms with Crippen LogP contribution in [-0.4, -0.2) is 26.6 Å². The molecule has 0 saturated carbocycles. The second-order valence-corrected chi connectivity index (χ2v) is 11.7. The van der Waals surface area contributed by atoms with Crippen LogP contribution in [0.4, 0.5) is 11.4 Å². The number of ether oxygens (including phenoxy) is 1. The normalized spacial score (nSPS) is 20.6. The van der Waals surface area contributed by atoms with Crippen LogP contribution >= 0.6 is 0 Å². The monoisotopic (exact) mass is 518 g/mol. The lowest BCUT2D eigenvalue weighted by molar-refractivity contribution is 0.0827. The summed E-state index contributed by atoms with van der Waals surface area (Å²) in [4.78, 5) is 24.0. The summed E-state index contributed by atoms with van der Waals surface area (Å²) in [5.41, 5.74) is 4.32. The maximum Gasteiger partial charge on any atom is 0.261 e. The third-order valence-electron chi connectivity index (χ3n) is 7.14. The van der Waals surface area contributed by atoms with E-state index in [0.717, 1.165) is 23.2 Å². The quantitative estimate of drug-likeness (QED) is 0.385. The van der Waals surface area contributed by atoms with Crippen molar-refractivity contribution in [1.29, 1.82) is 0 Å². The molecule has 37 heavy (non-hydrogen) atoms. The molecule has 192 valence electrons. The predicted octanol–water partition coefficient (Wildman–Crippen LogP) is 5.77. The largest absolute Gasteiger partial charge is 0.378 e. The minimum Gasteiger partial charge on any atom is -0.378 e. The molecule has 1 saturated heterocycles. The number of sulfonamides is 1. The molecule has 0 amide bonds. The van der Waals surface area contributed by atoms with E-state index in [1.807, 2.05) is 38.1 Å². The molecule has 0 radical (unpaired) electrons. The van der Waals surface area contributed by atoms with Crippen molar-refractivity contribution in [2.24, 2.45) is 11.8 Å². The summed E-state index contributed by atoms with van der Waals surface area (Å²) < 4.78 is 35.0. The maximum absolute atomic E-state index is 13.2. The lowest BCUT2D eigenvalue weighted by Gasteiger charge is -2.36. The molecule has 1 fully saturated rings. The first-order valence-corrected chi connectivity index (χ1v) is 13.9. The van der Waals surface area contributed by atoms with Gasteiger partial charge in [-0.25, -0.2) is 8.42 Å². The Kier molecular flexibility index (Phi) is 6.64. The van der Waals surface area contributed by atoms with Crippen molar-refractivity contribution >= 4 is 33.0 Å². The molecule has 2 aliphatic rings. The summed E-state index contributed by atoms with van der Waals surface area (Å²) in [5, 5.41) is 3.59. The van der Waals surface area contributed by atoms with E-state index >= 15 is 0 Å². The van der Waals surface area contributed by atoms with Gasteiger partial charge in [0.1, 0.15) is 0 Å². The van der Waals surface area contributed by atoms with Crippen molar-refractivity contribution in [3.63, 3.8) is 0 Å². The van der Waals surface area contributed by atoms with Crippen LogP contribution in [0.2, 0.25) is 0 Å². The number of rotatable bonds is 7. The highest BCUT2D eigenvalue weighted by molar-refractivity contribution is 7.92. The minimum absolute atomic E-state index is 0.0106. The van der Waals surface area contributed by atoms with Crippen LogP contribution < -0.4 is 10.0 Å². The standard InChI is InChI=1S/C29H30N2O5S/c1-17(2)28(33)21-6-4-20(5-7-21)27-24-14-15-36-29(24)25-16-23(12-13-26(25)30-27)37(34,35)31-22-10-8-19(9-11-22)18(3)32/h4-13,16-17,24,27,29-31H,14-15H2,1-3H3/t24-,27?,29-/m0/s1. The van der Waals surface area contributed by atoms with Gasteiger partial charge in [0.2, 0.25) is 0 Å². The zero-order valence-corrected chi connectivity index (χ0v) is 21.8. The molecule has 7 nitrogen and oxygen atoms in total. The van der Waals surface area contributed by atoms with Gasteiger partial charge in [-0.05, 0) is 61.4 Å². The van der Waals surface area contributed by atoms with Crippen molar-refractivity contribution in [3.05, 3.63) is 89.0 Å². The van der Waals surface area contributed by atoms with E-state index < -0.39 is 10.0 Å². The first kappa shape index (κ1) is 25.2. The molecule has 0 bridgehead atoms. The van der Waals surface area contributed by atoms with E-state index in [1.165, 1.54) is 6.92 Å². The molecule has 3 atom stereocenters. The van der Waals surface area contributed by atoms with Crippen LogP contribution in [-0.2, 0) is 14.8 Å².